The number of rotatable bonds is 8. The van der Waals surface area contributed by atoms with Crippen molar-refractivity contribution in [3.8, 4) is 11.3 Å². The Hall–Kier alpha value is -4.83. The summed E-state index contributed by atoms with van der Waals surface area (Å²) in [5.74, 6) is 1.27. The summed E-state index contributed by atoms with van der Waals surface area (Å²) in [6.07, 6.45) is 12.7. The normalized spacial score (nSPS) is 15.3. The number of carbonyl (C=O) groups excluding carboxylic acids is 2. The number of nitrogen functional groups attached to an aromatic ring is 1. The molecule has 0 spiro atoms. The minimum Gasteiger partial charge on any atom is -0.382 e. The summed E-state index contributed by atoms with van der Waals surface area (Å²) in [6.45, 7) is 0.399. The number of hydrogen-bond acceptors (Lipinski definition) is 7. The third-order valence-electron chi connectivity index (χ3n) is 6.49. The lowest BCUT2D eigenvalue weighted by Gasteiger charge is -2.22. The van der Waals surface area contributed by atoms with E-state index in [0.29, 0.717) is 41.4 Å². The lowest BCUT2D eigenvalue weighted by atomic mass is 9.94. The average Bonchev–Trinajstić information content (AvgIpc) is 3.35. The van der Waals surface area contributed by atoms with Crippen molar-refractivity contribution in [1.82, 2.24) is 24.7 Å². The molecule has 3 heterocycles. The molecule has 10 nitrogen and oxygen atoms in total. The number of pyridine rings is 1. The van der Waals surface area contributed by atoms with E-state index in [2.05, 4.69) is 26.7 Å². The molecule has 2 amide bonds. The predicted octanol–water partition coefficient (Wildman–Crippen LogP) is 3.88. The van der Waals surface area contributed by atoms with E-state index >= 15 is 0 Å². The Labute approximate surface area is 225 Å². The Morgan fingerprint density at radius 1 is 1.15 bits per heavy atom. The van der Waals surface area contributed by atoms with E-state index in [-0.39, 0.29) is 17.9 Å². The number of nitrogens with one attached hydrogen (secondary N) is 2. The summed E-state index contributed by atoms with van der Waals surface area (Å²) in [7, 11) is 1.59. The fourth-order valence-electron chi connectivity index (χ4n) is 4.57. The Bertz CT molecular complexity index is 1540. The first-order valence-corrected chi connectivity index (χ1v) is 12.6. The van der Waals surface area contributed by atoms with Crippen LogP contribution in [0.25, 0.3) is 22.3 Å². The summed E-state index contributed by atoms with van der Waals surface area (Å²) < 4.78 is 6.90. The lowest BCUT2D eigenvalue weighted by molar-refractivity contribution is -0.117. The zero-order valence-corrected chi connectivity index (χ0v) is 21.5. The molecule has 1 aliphatic carbocycles. The fraction of sp³-hybridized carbons (Fsp3) is 0.207. The zero-order chi connectivity index (χ0) is 27.2. The van der Waals surface area contributed by atoms with Gasteiger partial charge in [-0.25, -0.2) is 15.0 Å². The fourth-order valence-corrected chi connectivity index (χ4v) is 4.57. The topological polar surface area (TPSA) is 137 Å². The first-order valence-electron chi connectivity index (χ1n) is 12.6. The van der Waals surface area contributed by atoms with Gasteiger partial charge in [-0.2, -0.15) is 0 Å². The van der Waals surface area contributed by atoms with Crippen LogP contribution in [0.1, 0.15) is 35.4 Å². The number of imidazole rings is 1. The largest absolute Gasteiger partial charge is 0.382 e. The first kappa shape index (κ1) is 25.8. The third kappa shape index (κ3) is 5.86. The number of fused-ring (bicyclic) bond motifs is 1. The molecule has 0 saturated carbocycles. The summed E-state index contributed by atoms with van der Waals surface area (Å²) >= 11 is 0. The molecular weight excluding hydrogens is 494 g/mol. The van der Waals surface area contributed by atoms with E-state index in [9.17, 15) is 9.59 Å². The molecule has 1 unspecified atom stereocenters. The van der Waals surface area contributed by atoms with Crippen molar-refractivity contribution in [1.29, 1.82) is 0 Å². The molecule has 1 aliphatic rings. The molecule has 198 valence electrons. The Balaban J connectivity index is 1.37. The van der Waals surface area contributed by atoms with Gasteiger partial charge < -0.3 is 21.1 Å². The number of ether oxygens (including phenoxy) is 1. The van der Waals surface area contributed by atoms with Crippen LogP contribution in [0.4, 0.5) is 11.6 Å². The van der Waals surface area contributed by atoms with E-state index in [1.54, 1.807) is 49.8 Å². The molecule has 0 fully saturated rings. The van der Waals surface area contributed by atoms with Crippen LogP contribution in [-0.2, 0) is 9.53 Å². The lowest BCUT2D eigenvalue weighted by Crippen LogP contribution is -2.34. The summed E-state index contributed by atoms with van der Waals surface area (Å²) in [6, 6.07) is 12.6. The monoisotopic (exact) mass is 523 g/mol. The Kier molecular flexibility index (Phi) is 7.74. The van der Waals surface area contributed by atoms with Crippen LogP contribution < -0.4 is 16.4 Å². The van der Waals surface area contributed by atoms with Gasteiger partial charge in [0.2, 0.25) is 5.91 Å². The number of nitrogens with zero attached hydrogens (tertiary/aromatic N) is 4. The van der Waals surface area contributed by atoms with Crippen LogP contribution >= 0.6 is 0 Å². The molecule has 1 atom stereocenters. The van der Waals surface area contributed by atoms with E-state index < -0.39 is 0 Å². The summed E-state index contributed by atoms with van der Waals surface area (Å²) in [5.41, 5.74) is 10.1. The number of hydrogen-bond donors (Lipinski definition) is 3. The zero-order valence-electron chi connectivity index (χ0n) is 21.5. The number of benzene rings is 1. The Morgan fingerprint density at radius 3 is 2.72 bits per heavy atom. The van der Waals surface area contributed by atoms with Gasteiger partial charge in [-0.05, 0) is 49.1 Å². The smallest absolute Gasteiger partial charge is 0.256 e. The molecule has 0 aliphatic heterocycles. The maximum Gasteiger partial charge on any atom is 0.256 e. The quantitative estimate of drug-likeness (QED) is 0.298. The van der Waals surface area contributed by atoms with Gasteiger partial charge in [0.05, 0.1) is 6.61 Å². The number of nitrogens with two attached hydrogens (primary N) is 1. The van der Waals surface area contributed by atoms with E-state index in [1.807, 2.05) is 28.8 Å². The highest BCUT2D eigenvalue weighted by molar-refractivity contribution is 6.04. The second-order valence-corrected chi connectivity index (χ2v) is 9.13. The second-order valence-electron chi connectivity index (χ2n) is 9.13. The molecular formula is C29H29N7O3. The van der Waals surface area contributed by atoms with Crippen LogP contribution in [0.3, 0.4) is 0 Å². The summed E-state index contributed by atoms with van der Waals surface area (Å²) in [5, 5.41) is 5.83. The van der Waals surface area contributed by atoms with Crippen molar-refractivity contribution in [3.63, 3.8) is 0 Å². The highest BCUT2D eigenvalue weighted by atomic mass is 16.5. The number of allylic oxidation sites excluding steroid dienone is 1. The average molecular weight is 524 g/mol. The van der Waals surface area contributed by atoms with Crippen LogP contribution in [0.5, 0.6) is 0 Å². The number of carbonyl (C=O) groups is 2. The van der Waals surface area contributed by atoms with E-state index in [1.165, 1.54) is 6.08 Å². The van der Waals surface area contributed by atoms with Crippen molar-refractivity contribution in [2.45, 2.75) is 25.3 Å². The minimum atomic E-state index is -0.250. The van der Waals surface area contributed by atoms with Crippen molar-refractivity contribution in [3.05, 3.63) is 90.7 Å². The molecule has 1 aromatic carbocycles. The van der Waals surface area contributed by atoms with E-state index in [0.717, 1.165) is 29.8 Å². The number of methoxy groups -OCH3 is 1. The second kappa shape index (κ2) is 11.7. The maximum atomic E-state index is 12.7. The first-order chi connectivity index (χ1) is 19.0. The van der Waals surface area contributed by atoms with Crippen molar-refractivity contribution < 1.29 is 14.3 Å². The SMILES string of the molecule is COC/C=C/C(=O)NC1CC=C(c2nc(-c3ccc(C(=O)Nc4ccccn4)cc3)c3c(N)nccn23)CC1. The molecule has 4 N–H and O–H groups in total. The minimum absolute atomic E-state index is 0.0515. The van der Waals surface area contributed by atoms with Crippen molar-refractivity contribution in [2.24, 2.45) is 0 Å². The van der Waals surface area contributed by atoms with E-state index in [4.69, 9.17) is 15.5 Å². The van der Waals surface area contributed by atoms with Crippen molar-refractivity contribution in [2.75, 3.05) is 24.8 Å². The molecule has 0 radical (unpaired) electrons. The number of amides is 2. The molecule has 5 rings (SSSR count). The van der Waals surface area contributed by atoms with Gasteiger partial charge in [-0.15, -0.1) is 0 Å². The number of anilines is 2. The van der Waals surface area contributed by atoms with Gasteiger partial charge in [0, 0.05) is 48.9 Å². The van der Waals surface area contributed by atoms with Gasteiger partial charge in [-0.3, -0.25) is 14.0 Å². The molecule has 0 bridgehead atoms. The van der Waals surface area contributed by atoms with Gasteiger partial charge in [0.25, 0.3) is 5.91 Å². The van der Waals surface area contributed by atoms with Crippen LogP contribution in [0.2, 0.25) is 0 Å². The highest BCUT2D eigenvalue weighted by Crippen LogP contribution is 2.33. The molecule has 39 heavy (non-hydrogen) atoms. The van der Waals surface area contributed by atoms with Gasteiger partial charge in [-0.1, -0.05) is 30.4 Å². The van der Waals surface area contributed by atoms with Gasteiger partial charge >= 0.3 is 0 Å². The maximum absolute atomic E-state index is 12.7. The Morgan fingerprint density at radius 2 is 2.00 bits per heavy atom. The van der Waals surface area contributed by atoms with Gasteiger partial charge in [0.1, 0.15) is 28.7 Å². The molecule has 0 saturated heterocycles. The highest BCUT2D eigenvalue weighted by Gasteiger charge is 2.22. The molecule has 10 heteroatoms. The molecule has 4 aromatic rings. The third-order valence-corrected chi connectivity index (χ3v) is 6.49. The summed E-state index contributed by atoms with van der Waals surface area (Å²) in [4.78, 5) is 38.2. The van der Waals surface area contributed by atoms with Crippen LogP contribution in [0.15, 0.2) is 79.3 Å². The predicted molar refractivity (Wildman–Crippen MR) is 150 cm³/mol. The van der Waals surface area contributed by atoms with Crippen LogP contribution in [0, 0.1) is 0 Å². The van der Waals surface area contributed by atoms with Gasteiger partial charge in [0.15, 0.2) is 0 Å². The van der Waals surface area contributed by atoms with Crippen LogP contribution in [-0.4, -0.2) is 50.9 Å². The number of aromatic nitrogens is 4. The molecule has 3 aromatic heterocycles. The standard InChI is InChI=1S/C29H29N7O3/c1-39-18-4-6-24(37)33-22-13-11-20(12-14-22)28-35-25(26-27(30)32-16-17-36(26)28)19-7-9-21(10-8-19)29(38)34-23-5-2-3-15-31-23/h2-11,15-17,22H,12-14,18H2,1H3,(H2,30,32)(H,33,37)(H,31,34,38)/b6-4+. The van der Waals surface area contributed by atoms with Crippen molar-refractivity contribution >= 4 is 34.5 Å².